The van der Waals surface area contributed by atoms with E-state index in [4.69, 9.17) is 4.98 Å². The summed E-state index contributed by atoms with van der Waals surface area (Å²) in [6.07, 6.45) is 5.98. The van der Waals surface area contributed by atoms with Gasteiger partial charge in [-0.2, -0.15) is 0 Å². The standard InChI is InChI=1S/C24H32N2O3S2/c1-16-11-18(3)24-21(12-16)17(2)13-22(25-24)30-14-23(27)26(19-7-5-4-6-8-19)20-9-10-31(28,29)15-20/h11-13,19-20H,4-10,14-15H2,1-3H3/t20-/m0/s1. The number of nitrogens with zero attached hydrogens (tertiary/aromatic N) is 2. The first kappa shape index (κ1) is 22.6. The predicted molar refractivity (Wildman–Crippen MR) is 127 cm³/mol. The van der Waals surface area contributed by atoms with Crippen LogP contribution in [0.4, 0.5) is 0 Å². The first-order chi connectivity index (χ1) is 14.7. The average molecular weight is 461 g/mol. The fourth-order valence-corrected chi connectivity index (χ4v) is 7.71. The van der Waals surface area contributed by atoms with Crippen molar-refractivity contribution in [2.75, 3.05) is 17.3 Å². The van der Waals surface area contributed by atoms with Crippen LogP contribution < -0.4 is 0 Å². The number of carbonyl (C=O) groups is 1. The number of thioether (sulfide) groups is 1. The van der Waals surface area contributed by atoms with E-state index in [2.05, 4.69) is 39.0 Å². The maximum atomic E-state index is 13.4. The number of amides is 1. The lowest BCUT2D eigenvalue weighted by Gasteiger charge is -2.38. The molecule has 0 unspecified atom stereocenters. The van der Waals surface area contributed by atoms with Gasteiger partial charge in [0.05, 0.1) is 27.8 Å². The molecule has 1 aliphatic heterocycles. The number of hydrogen-bond acceptors (Lipinski definition) is 5. The molecular weight excluding hydrogens is 428 g/mol. The molecule has 168 valence electrons. The molecule has 2 aliphatic rings. The van der Waals surface area contributed by atoms with Crippen LogP contribution >= 0.6 is 11.8 Å². The number of sulfone groups is 1. The molecule has 1 saturated carbocycles. The molecule has 1 atom stereocenters. The zero-order valence-electron chi connectivity index (χ0n) is 18.7. The monoisotopic (exact) mass is 460 g/mol. The molecule has 1 saturated heterocycles. The summed E-state index contributed by atoms with van der Waals surface area (Å²) in [6, 6.07) is 6.37. The summed E-state index contributed by atoms with van der Waals surface area (Å²) >= 11 is 1.47. The number of aromatic nitrogens is 1. The molecule has 5 nitrogen and oxygen atoms in total. The van der Waals surface area contributed by atoms with Crippen molar-refractivity contribution in [3.63, 3.8) is 0 Å². The van der Waals surface area contributed by atoms with Gasteiger partial charge in [0.1, 0.15) is 0 Å². The molecule has 1 aromatic carbocycles. The van der Waals surface area contributed by atoms with Crippen molar-refractivity contribution < 1.29 is 13.2 Å². The minimum absolute atomic E-state index is 0.0548. The van der Waals surface area contributed by atoms with Gasteiger partial charge >= 0.3 is 0 Å². The van der Waals surface area contributed by atoms with E-state index in [0.29, 0.717) is 12.2 Å². The molecular formula is C24H32N2O3S2. The molecule has 2 fully saturated rings. The van der Waals surface area contributed by atoms with Crippen molar-refractivity contribution >= 4 is 38.4 Å². The Kier molecular flexibility index (Phi) is 6.63. The Morgan fingerprint density at radius 1 is 1.03 bits per heavy atom. The van der Waals surface area contributed by atoms with E-state index in [0.717, 1.165) is 52.7 Å². The van der Waals surface area contributed by atoms with Crippen LogP contribution in [-0.2, 0) is 14.6 Å². The van der Waals surface area contributed by atoms with Gasteiger partial charge in [0.25, 0.3) is 0 Å². The molecule has 2 aromatic rings. The molecule has 31 heavy (non-hydrogen) atoms. The maximum Gasteiger partial charge on any atom is 0.233 e. The summed E-state index contributed by atoms with van der Waals surface area (Å²) in [7, 11) is -3.03. The summed E-state index contributed by atoms with van der Waals surface area (Å²) in [5.41, 5.74) is 4.52. The SMILES string of the molecule is Cc1cc(C)c2nc(SCC(=O)N(C3CCCCC3)[C@H]3CCS(=O)(=O)C3)cc(C)c2c1. The Bertz CT molecular complexity index is 1090. The van der Waals surface area contributed by atoms with Gasteiger partial charge in [-0.1, -0.05) is 42.7 Å². The Morgan fingerprint density at radius 2 is 1.77 bits per heavy atom. The molecule has 0 radical (unpaired) electrons. The van der Waals surface area contributed by atoms with Crippen molar-refractivity contribution in [3.8, 4) is 0 Å². The lowest BCUT2D eigenvalue weighted by molar-refractivity contribution is -0.133. The highest BCUT2D eigenvalue weighted by Gasteiger charge is 2.38. The van der Waals surface area contributed by atoms with Gasteiger partial charge < -0.3 is 4.90 Å². The first-order valence-electron chi connectivity index (χ1n) is 11.3. The van der Waals surface area contributed by atoms with Gasteiger partial charge in [0.15, 0.2) is 9.84 Å². The minimum atomic E-state index is -3.03. The van der Waals surface area contributed by atoms with Crippen LogP contribution in [-0.4, -0.2) is 53.6 Å². The van der Waals surface area contributed by atoms with Crippen LogP contribution in [0.25, 0.3) is 10.9 Å². The van der Waals surface area contributed by atoms with Crippen LogP contribution in [0.1, 0.15) is 55.2 Å². The quantitative estimate of drug-likeness (QED) is 0.610. The summed E-state index contributed by atoms with van der Waals surface area (Å²) < 4.78 is 24.2. The number of benzene rings is 1. The van der Waals surface area contributed by atoms with E-state index >= 15 is 0 Å². The van der Waals surface area contributed by atoms with Gasteiger partial charge in [-0.25, -0.2) is 13.4 Å². The van der Waals surface area contributed by atoms with Crippen LogP contribution in [0.3, 0.4) is 0 Å². The molecule has 1 amide bonds. The van der Waals surface area contributed by atoms with E-state index in [1.165, 1.54) is 23.7 Å². The number of aryl methyl sites for hydroxylation is 3. The summed E-state index contributed by atoms with van der Waals surface area (Å²) in [5, 5.41) is 2.01. The van der Waals surface area contributed by atoms with Crippen molar-refractivity contribution in [2.45, 2.75) is 76.4 Å². The van der Waals surface area contributed by atoms with Crippen molar-refractivity contribution in [1.82, 2.24) is 9.88 Å². The number of rotatable bonds is 5. The Labute approximate surface area is 189 Å². The summed E-state index contributed by atoms with van der Waals surface area (Å²) in [4.78, 5) is 20.1. The molecule has 1 aliphatic carbocycles. The molecule has 0 bridgehead atoms. The van der Waals surface area contributed by atoms with Crippen molar-refractivity contribution in [1.29, 1.82) is 0 Å². The van der Waals surface area contributed by atoms with Crippen molar-refractivity contribution in [2.24, 2.45) is 0 Å². The van der Waals surface area contributed by atoms with Crippen LogP contribution in [0.2, 0.25) is 0 Å². The van der Waals surface area contributed by atoms with E-state index < -0.39 is 9.84 Å². The second-order valence-corrected chi connectivity index (χ2v) is 12.4. The fourth-order valence-electron chi connectivity index (χ4n) is 5.16. The maximum absolute atomic E-state index is 13.4. The lowest BCUT2D eigenvalue weighted by Crippen LogP contribution is -2.49. The van der Waals surface area contributed by atoms with Crippen molar-refractivity contribution in [3.05, 3.63) is 34.9 Å². The van der Waals surface area contributed by atoms with E-state index in [1.54, 1.807) is 0 Å². The van der Waals surface area contributed by atoms with Gasteiger partial charge in [0.2, 0.25) is 5.91 Å². The highest BCUT2D eigenvalue weighted by Crippen LogP contribution is 2.31. The normalized spacial score (nSPS) is 21.5. The fraction of sp³-hybridized carbons (Fsp3) is 0.583. The Hall–Kier alpha value is -1.60. The Balaban J connectivity index is 1.53. The molecule has 2 heterocycles. The number of fused-ring (bicyclic) bond motifs is 1. The summed E-state index contributed by atoms with van der Waals surface area (Å²) in [5.74, 6) is 0.673. The van der Waals surface area contributed by atoms with Crippen LogP contribution in [0.15, 0.2) is 23.2 Å². The third kappa shape index (κ3) is 5.08. The molecule has 7 heteroatoms. The van der Waals surface area contributed by atoms with Gasteiger partial charge in [-0.05, 0) is 63.3 Å². The number of hydrogen-bond donors (Lipinski definition) is 0. The molecule has 0 spiro atoms. The lowest BCUT2D eigenvalue weighted by atomic mass is 9.93. The zero-order chi connectivity index (χ0) is 22.2. The van der Waals surface area contributed by atoms with Gasteiger partial charge in [0, 0.05) is 17.5 Å². The van der Waals surface area contributed by atoms with E-state index in [-0.39, 0.29) is 29.5 Å². The van der Waals surface area contributed by atoms with E-state index in [9.17, 15) is 13.2 Å². The topological polar surface area (TPSA) is 67.3 Å². The largest absolute Gasteiger partial charge is 0.335 e. The Morgan fingerprint density at radius 3 is 2.45 bits per heavy atom. The highest BCUT2D eigenvalue weighted by atomic mass is 32.2. The van der Waals surface area contributed by atoms with Gasteiger partial charge in [-0.3, -0.25) is 4.79 Å². The van der Waals surface area contributed by atoms with E-state index in [1.807, 2.05) is 4.90 Å². The van der Waals surface area contributed by atoms with Crippen LogP contribution in [0.5, 0.6) is 0 Å². The zero-order valence-corrected chi connectivity index (χ0v) is 20.3. The molecule has 4 rings (SSSR count). The second-order valence-electron chi connectivity index (χ2n) is 9.19. The molecule has 0 N–H and O–H groups in total. The third-order valence-electron chi connectivity index (χ3n) is 6.63. The average Bonchev–Trinajstić information content (AvgIpc) is 3.07. The third-order valence-corrected chi connectivity index (χ3v) is 9.28. The van der Waals surface area contributed by atoms with Gasteiger partial charge in [-0.15, -0.1) is 0 Å². The predicted octanol–water partition coefficient (Wildman–Crippen LogP) is 4.60. The number of carbonyl (C=O) groups excluding carboxylic acids is 1. The highest BCUT2D eigenvalue weighted by molar-refractivity contribution is 7.99. The first-order valence-corrected chi connectivity index (χ1v) is 14.1. The number of pyridine rings is 1. The minimum Gasteiger partial charge on any atom is -0.335 e. The second kappa shape index (κ2) is 9.10. The van der Waals surface area contributed by atoms with Crippen LogP contribution in [0, 0.1) is 20.8 Å². The smallest absolute Gasteiger partial charge is 0.233 e. The molecule has 1 aromatic heterocycles. The summed E-state index contributed by atoms with van der Waals surface area (Å²) in [6.45, 7) is 6.26.